The fraction of sp³-hybridized carbons (Fsp3) is 0.211. The van der Waals surface area contributed by atoms with Gasteiger partial charge in [0.25, 0.3) is 0 Å². The predicted molar refractivity (Wildman–Crippen MR) is 103 cm³/mol. The summed E-state index contributed by atoms with van der Waals surface area (Å²) in [6.07, 6.45) is 0.905. The van der Waals surface area contributed by atoms with Crippen LogP contribution in [0, 0.1) is 11.7 Å². The number of fused-ring (bicyclic) bond motifs is 2. The quantitative estimate of drug-likeness (QED) is 0.536. The van der Waals surface area contributed by atoms with Crippen molar-refractivity contribution in [3.8, 4) is 16.9 Å². The molecule has 3 heterocycles. The Hall–Kier alpha value is -3.07. The zero-order valence-electron chi connectivity index (χ0n) is 14.6. The van der Waals surface area contributed by atoms with Crippen LogP contribution >= 0.6 is 11.3 Å². The number of amides is 1. The molecule has 1 fully saturated rings. The highest BCUT2D eigenvalue weighted by molar-refractivity contribution is 7.16. The predicted octanol–water partition coefficient (Wildman–Crippen LogP) is 4.28. The SMILES string of the molecule is COc1c(-c2c[nH]c3nc(NC(=O)C4CC4F)ccc23)cc2scnc2c1F. The van der Waals surface area contributed by atoms with Crippen molar-refractivity contribution in [2.45, 2.75) is 12.6 Å². The van der Waals surface area contributed by atoms with E-state index in [0.717, 1.165) is 10.9 Å². The maximum atomic E-state index is 14.8. The van der Waals surface area contributed by atoms with Gasteiger partial charge in [-0.05, 0) is 24.6 Å². The molecule has 0 spiro atoms. The molecule has 0 aliphatic heterocycles. The van der Waals surface area contributed by atoms with Crippen molar-refractivity contribution in [3.63, 3.8) is 0 Å². The van der Waals surface area contributed by atoms with E-state index in [0.29, 0.717) is 21.7 Å². The van der Waals surface area contributed by atoms with Crippen LogP contribution in [-0.4, -0.2) is 34.1 Å². The van der Waals surface area contributed by atoms with Crippen molar-refractivity contribution in [1.82, 2.24) is 15.0 Å². The van der Waals surface area contributed by atoms with Crippen molar-refractivity contribution in [2.24, 2.45) is 5.92 Å². The lowest BCUT2D eigenvalue weighted by atomic mass is 10.0. The molecule has 0 bridgehead atoms. The first-order valence-electron chi connectivity index (χ1n) is 8.60. The molecule has 1 aliphatic rings. The first-order chi connectivity index (χ1) is 13.6. The van der Waals surface area contributed by atoms with Crippen LogP contribution in [0.4, 0.5) is 14.6 Å². The van der Waals surface area contributed by atoms with Gasteiger partial charge in [0.15, 0.2) is 11.6 Å². The molecule has 1 saturated carbocycles. The van der Waals surface area contributed by atoms with E-state index in [1.165, 1.54) is 18.4 Å². The Kier molecular flexibility index (Phi) is 3.80. The van der Waals surface area contributed by atoms with Gasteiger partial charge >= 0.3 is 0 Å². The number of nitrogens with zero attached hydrogens (tertiary/aromatic N) is 2. The zero-order valence-corrected chi connectivity index (χ0v) is 15.4. The molecule has 0 radical (unpaired) electrons. The maximum Gasteiger partial charge on any atom is 0.231 e. The van der Waals surface area contributed by atoms with Crippen LogP contribution in [-0.2, 0) is 4.79 Å². The topological polar surface area (TPSA) is 79.9 Å². The molecule has 142 valence electrons. The van der Waals surface area contributed by atoms with Crippen LogP contribution in [0.1, 0.15) is 6.42 Å². The van der Waals surface area contributed by atoms with Gasteiger partial charge in [-0.2, -0.15) is 0 Å². The minimum absolute atomic E-state index is 0.111. The largest absolute Gasteiger partial charge is 0.493 e. The molecule has 2 unspecified atom stereocenters. The van der Waals surface area contributed by atoms with Gasteiger partial charge in [0.05, 0.1) is 23.2 Å². The molecule has 2 N–H and O–H groups in total. The van der Waals surface area contributed by atoms with Crippen molar-refractivity contribution in [3.05, 3.63) is 35.7 Å². The lowest BCUT2D eigenvalue weighted by Crippen LogP contribution is -2.15. The normalized spacial score (nSPS) is 18.5. The van der Waals surface area contributed by atoms with Gasteiger partial charge in [-0.3, -0.25) is 4.79 Å². The Morgan fingerprint density at radius 2 is 2.21 bits per heavy atom. The first kappa shape index (κ1) is 17.1. The standard InChI is InChI=1S/C19H14F2N4O2S/c1-27-17-9(5-13-16(15(17)21)23-7-28-13)11-6-22-18-8(11)2-3-14(24-18)25-19(26)10-4-12(10)20/h2-3,5-7,10,12H,4H2,1H3,(H2,22,24,25,26). The lowest BCUT2D eigenvalue weighted by Gasteiger charge is -2.10. The second kappa shape index (κ2) is 6.23. The van der Waals surface area contributed by atoms with Gasteiger partial charge in [0, 0.05) is 22.7 Å². The van der Waals surface area contributed by atoms with Gasteiger partial charge in [-0.25, -0.2) is 18.7 Å². The highest BCUT2D eigenvalue weighted by Gasteiger charge is 2.43. The third kappa shape index (κ3) is 2.62. The Morgan fingerprint density at radius 3 is 2.96 bits per heavy atom. The van der Waals surface area contributed by atoms with Crippen molar-refractivity contribution in [2.75, 3.05) is 12.4 Å². The summed E-state index contributed by atoms with van der Waals surface area (Å²) in [5.74, 6) is -1.02. The molecule has 0 saturated heterocycles. The highest BCUT2D eigenvalue weighted by Crippen LogP contribution is 2.41. The summed E-state index contributed by atoms with van der Waals surface area (Å²) >= 11 is 1.34. The van der Waals surface area contributed by atoms with E-state index in [-0.39, 0.29) is 23.6 Å². The Balaban J connectivity index is 1.57. The maximum absolute atomic E-state index is 14.8. The number of methoxy groups -OCH3 is 1. The molecule has 2 atom stereocenters. The molecule has 1 aromatic carbocycles. The number of nitrogens with one attached hydrogen (secondary N) is 2. The average molecular weight is 400 g/mol. The van der Waals surface area contributed by atoms with Crippen molar-refractivity contribution in [1.29, 1.82) is 0 Å². The number of anilines is 1. The van der Waals surface area contributed by atoms with Crippen LogP contribution < -0.4 is 10.1 Å². The number of hydrogen-bond acceptors (Lipinski definition) is 5. The number of carbonyl (C=O) groups excluding carboxylic acids is 1. The van der Waals surface area contributed by atoms with E-state index >= 15 is 0 Å². The van der Waals surface area contributed by atoms with Crippen molar-refractivity contribution < 1.29 is 18.3 Å². The minimum atomic E-state index is -1.06. The highest BCUT2D eigenvalue weighted by atomic mass is 32.1. The average Bonchev–Trinajstić information content (AvgIpc) is 3.07. The first-order valence-corrected chi connectivity index (χ1v) is 9.48. The van der Waals surface area contributed by atoms with Crippen LogP contribution in [0.2, 0.25) is 0 Å². The molecule has 28 heavy (non-hydrogen) atoms. The fourth-order valence-electron chi connectivity index (χ4n) is 3.30. The van der Waals surface area contributed by atoms with E-state index in [9.17, 15) is 13.6 Å². The third-order valence-electron chi connectivity index (χ3n) is 4.86. The van der Waals surface area contributed by atoms with Crippen LogP contribution in [0.5, 0.6) is 5.75 Å². The number of aromatic amines is 1. The van der Waals surface area contributed by atoms with Crippen LogP contribution in [0.15, 0.2) is 29.9 Å². The number of aromatic nitrogens is 3. The van der Waals surface area contributed by atoms with Gasteiger partial charge < -0.3 is 15.0 Å². The number of pyridine rings is 1. The number of rotatable bonds is 4. The number of hydrogen-bond donors (Lipinski definition) is 2. The van der Waals surface area contributed by atoms with E-state index in [1.54, 1.807) is 23.8 Å². The van der Waals surface area contributed by atoms with E-state index in [2.05, 4.69) is 20.3 Å². The Labute approximate surface area is 161 Å². The summed E-state index contributed by atoms with van der Waals surface area (Å²) in [4.78, 5) is 23.4. The summed E-state index contributed by atoms with van der Waals surface area (Å²) in [7, 11) is 1.41. The lowest BCUT2D eigenvalue weighted by molar-refractivity contribution is -0.117. The Bertz CT molecular complexity index is 1240. The van der Waals surface area contributed by atoms with E-state index in [1.807, 2.05) is 6.07 Å². The van der Waals surface area contributed by atoms with Crippen LogP contribution in [0.25, 0.3) is 32.4 Å². The zero-order chi connectivity index (χ0) is 19.4. The second-order valence-electron chi connectivity index (χ2n) is 6.61. The number of benzene rings is 1. The van der Waals surface area contributed by atoms with E-state index in [4.69, 9.17) is 4.74 Å². The molecule has 3 aromatic heterocycles. The number of carbonyl (C=O) groups is 1. The summed E-state index contributed by atoms with van der Waals surface area (Å²) < 4.78 is 33.8. The molecular formula is C19H14F2N4O2S. The molecule has 1 amide bonds. The smallest absolute Gasteiger partial charge is 0.231 e. The fourth-order valence-corrected chi connectivity index (χ4v) is 4.01. The van der Waals surface area contributed by atoms with E-state index < -0.39 is 17.9 Å². The molecule has 4 aromatic rings. The Morgan fingerprint density at radius 1 is 1.39 bits per heavy atom. The summed E-state index contributed by atoms with van der Waals surface area (Å²) in [6.45, 7) is 0. The molecule has 1 aliphatic carbocycles. The van der Waals surface area contributed by atoms with Crippen LogP contribution in [0.3, 0.4) is 0 Å². The van der Waals surface area contributed by atoms with Gasteiger partial charge in [0.1, 0.15) is 23.2 Å². The van der Waals surface area contributed by atoms with Gasteiger partial charge in [-0.15, -0.1) is 11.3 Å². The number of ether oxygens (including phenoxy) is 1. The van der Waals surface area contributed by atoms with Gasteiger partial charge in [0.2, 0.25) is 5.91 Å². The summed E-state index contributed by atoms with van der Waals surface area (Å²) in [6, 6.07) is 5.25. The monoisotopic (exact) mass is 400 g/mol. The summed E-state index contributed by atoms with van der Waals surface area (Å²) in [5, 5.41) is 3.37. The second-order valence-corrected chi connectivity index (χ2v) is 7.50. The number of thiazole rings is 1. The number of halogens is 2. The molecule has 9 heteroatoms. The molecular weight excluding hydrogens is 386 g/mol. The third-order valence-corrected chi connectivity index (χ3v) is 5.63. The summed E-state index contributed by atoms with van der Waals surface area (Å²) in [5.41, 5.74) is 3.69. The minimum Gasteiger partial charge on any atom is -0.493 e. The molecule has 5 rings (SSSR count). The number of H-pyrrole nitrogens is 1. The van der Waals surface area contributed by atoms with Gasteiger partial charge in [-0.1, -0.05) is 0 Å². The molecule has 6 nitrogen and oxygen atoms in total. The number of alkyl halides is 1. The van der Waals surface area contributed by atoms with Crippen molar-refractivity contribution >= 4 is 44.3 Å².